The van der Waals surface area contributed by atoms with Crippen LogP contribution in [0.25, 0.3) is 0 Å². The summed E-state index contributed by atoms with van der Waals surface area (Å²) in [6.45, 7) is 13.0. The summed E-state index contributed by atoms with van der Waals surface area (Å²) in [6, 6.07) is 13.4. The van der Waals surface area contributed by atoms with Gasteiger partial charge < -0.3 is 25.7 Å². The molecule has 324 valence electrons. The van der Waals surface area contributed by atoms with E-state index in [9.17, 15) is 19.2 Å². The molecule has 1 saturated heterocycles. The van der Waals surface area contributed by atoms with Crippen molar-refractivity contribution in [3.05, 3.63) is 88.5 Å². The SMILES string of the molecule is CSc1cc(CN2CCC[C@H](C)C2)cc2c1CN(c1cc([C@]3(c4nncn4C)C[C@@H](C)C3)cc(NC(=O)OCc3ccc(NC(=O)[C@H](C)NC(=O)[C@@H](N)C(C)C)cc3)n1)C2=O. The number of nitrogens with one attached hydrogen (secondary N) is 3. The summed E-state index contributed by atoms with van der Waals surface area (Å²) in [5, 5.41) is 17.0. The van der Waals surface area contributed by atoms with Crippen LogP contribution in [0.3, 0.4) is 0 Å². The van der Waals surface area contributed by atoms with Gasteiger partial charge in [0.05, 0.1) is 18.0 Å². The first-order chi connectivity index (χ1) is 29.1. The maximum atomic E-state index is 14.4. The standard InChI is InChI=1S/C45H58N10O5S/c1-26(2)39(46)41(57)48-29(5)40(56)49-33-12-10-30(11-13-33)24-60-44(59)51-37-17-32(45(19-28(4)20-45)43-52-47-25-53(43)6)18-38(50-37)55-23-35-34(42(55)58)15-31(16-36(35)61-7)22-54-14-8-9-27(3)21-54/h10-13,15-18,25-29,39H,8-9,14,19-24,46H2,1-7H3,(H,48,57)(H,49,56)(H,50,51,59)/t27-,28-,29-,39-,45+/m0/s1. The number of nitrogens with zero attached hydrogens (tertiary/aromatic N) is 6. The fourth-order valence-electron chi connectivity index (χ4n) is 8.87. The second-order valence-corrected chi connectivity index (χ2v) is 18.4. The molecule has 0 radical (unpaired) electrons. The molecule has 2 fully saturated rings. The van der Waals surface area contributed by atoms with Crippen LogP contribution in [0.15, 0.2) is 59.8 Å². The topological polar surface area (TPSA) is 190 Å². The van der Waals surface area contributed by atoms with E-state index in [1.165, 1.54) is 12.8 Å². The van der Waals surface area contributed by atoms with Gasteiger partial charge in [-0.2, -0.15) is 0 Å². The second-order valence-electron chi connectivity index (χ2n) is 17.5. The molecule has 0 bridgehead atoms. The van der Waals surface area contributed by atoms with Gasteiger partial charge in [-0.3, -0.25) is 29.5 Å². The number of aromatic nitrogens is 4. The van der Waals surface area contributed by atoms with Crippen molar-refractivity contribution >= 4 is 52.9 Å². The van der Waals surface area contributed by atoms with Crippen molar-refractivity contribution in [2.75, 3.05) is 34.9 Å². The quantitative estimate of drug-likeness (QED) is 0.106. The molecule has 61 heavy (non-hydrogen) atoms. The van der Waals surface area contributed by atoms with Gasteiger partial charge in [-0.15, -0.1) is 22.0 Å². The molecule has 1 saturated carbocycles. The van der Waals surface area contributed by atoms with Crippen molar-refractivity contribution in [3.8, 4) is 0 Å². The number of ether oxygens (including phenoxy) is 1. The molecule has 15 nitrogen and oxygen atoms in total. The monoisotopic (exact) mass is 850 g/mol. The lowest BCUT2D eigenvalue weighted by Crippen LogP contribution is -2.50. The maximum absolute atomic E-state index is 14.4. The predicted octanol–water partition coefficient (Wildman–Crippen LogP) is 6.22. The first-order valence-corrected chi connectivity index (χ1v) is 22.4. The van der Waals surface area contributed by atoms with Crippen LogP contribution in [0.1, 0.15) is 98.7 Å². The Balaban J connectivity index is 1.08. The van der Waals surface area contributed by atoms with Gasteiger partial charge in [0.1, 0.15) is 36.4 Å². The number of likely N-dealkylation sites (tertiary alicyclic amines) is 1. The van der Waals surface area contributed by atoms with Crippen LogP contribution in [0.2, 0.25) is 0 Å². The highest BCUT2D eigenvalue weighted by Gasteiger charge is 2.49. The van der Waals surface area contributed by atoms with E-state index < -0.39 is 35.4 Å². The van der Waals surface area contributed by atoms with E-state index >= 15 is 0 Å². The lowest BCUT2D eigenvalue weighted by atomic mass is 9.58. The number of benzene rings is 2. The number of rotatable bonds is 14. The average molecular weight is 851 g/mol. The number of carbonyl (C=O) groups is 4. The molecule has 5 N–H and O–H groups in total. The van der Waals surface area contributed by atoms with Crippen molar-refractivity contribution in [1.82, 2.24) is 30.0 Å². The molecule has 7 rings (SSSR count). The largest absolute Gasteiger partial charge is 0.444 e. The Morgan fingerprint density at radius 2 is 1.75 bits per heavy atom. The Morgan fingerprint density at radius 1 is 1.00 bits per heavy atom. The number of amides is 4. The minimum Gasteiger partial charge on any atom is -0.444 e. The molecule has 2 aromatic heterocycles. The highest BCUT2D eigenvalue weighted by molar-refractivity contribution is 7.98. The lowest BCUT2D eigenvalue weighted by Gasteiger charge is -2.46. The summed E-state index contributed by atoms with van der Waals surface area (Å²) in [6.07, 6.45) is 7.07. The van der Waals surface area contributed by atoms with Crippen LogP contribution < -0.4 is 26.6 Å². The minimum absolute atomic E-state index is 0.0530. The summed E-state index contributed by atoms with van der Waals surface area (Å²) in [4.78, 5) is 63.0. The molecule has 2 aliphatic heterocycles. The van der Waals surface area contributed by atoms with E-state index in [0.717, 1.165) is 59.9 Å². The fourth-order valence-corrected chi connectivity index (χ4v) is 9.56. The maximum Gasteiger partial charge on any atom is 0.413 e. The average Bonchev–Trinajstić information content (AvgIpc) is 3.80. The number of hydrogen-bond acceptors (Lipinski definition) is 11. The van der Waals surface area contributed by atoms with Gasteiger partial charge in [0, 0.05) is 36.3 Å². The minimum atomic E-state index is -0.794. The molecule has 4 amide bonds. The van der Waals surface area contributed by atoms with Gasteiger partial charge in [-0.05, 0) is 122 Å². The Kier molecular flexibility index (Phi) is 13.2. The Bertz CT molecular complexity index is 2270. The number of pyridine rings is 1. The molecule has 3 atom stereocenters. The van der Waals surface area contributed by atoms with E-state index in [2.05, 4.69) is 57.0 Å². The van der Waals surface area contributed by atoms with E-state index in [-0.39, 0.29) is 24.2 Å². The second kappa shape index (κ2) is 18.3. The molecule has 1 aliphatic carbocycles. The number of fused-ring (bicyclic) bond motifs is 1. The molecule has 3 aliphatic rings. The van der Waals surface area contributed by atoms with E-state index in [1.54, 1.807) is 54.2 Å². The first-order valence-electron chi connectivity index (χ1n) is 21.1. The summed E-state index contributed by atoms with van der Waals surface area (Å²) in [5.74, 6) is 1.60. The normalized spacial score (nSPS) is 21.1. The smallest absolute Gasteiger partial charge is 0.413 e. The van der Waals surface area contributed by atoms with Gasteiger partial charge >= 0.3 is 6.09 Å². The van der Waals surface area contributed by atoms with Gasteiger partial charge in [-0.1, -0.05) is 39.8 Å². The number of aryl methyl sites for hydroxylation is 1. The summed E-state index contributed by atoms with van der Waals surface area (Å²) in [7, 11) is 1.93. The van der Waals surface area contributed by atoms with E-state index in [1.807, 2.05) is 43.9 Å². The van der Waals surface area contributed by atoms with Crippen molar-refractivity contribution in [3.63, 3.8) is 0 Å². The number of nitrogens with two attached hydrogens (primary N) is 1. The Morgan fingerprint density at radius 3 is 2.41 bits per heavy atom. The summed E-state index contributed by atoms with van der Waals surface area (Å²) in [5.41, 5.74) is 10.3. The van der Waals surface area contributed by atoms with E-state index in [0.29, 0.717) is 41.0 Å². The third-order valence-electron chi connectivity index (χ3n) is 12.2. The number of carbonyl (C=O) groups excluding carboxylic acids is 4. The number of piperidine rings is 1. The van der Waals surface area contributed by atoms with Crippen LogP contribution in [0, 0.1) is 17.8 Å². The van der Waals surface area contributed by atoms with Crippen molar-refractivity contribution in [1.29, 1.82) is 0 Å². The summed E-state index contributed by atoms with van der Waals surface area (Å²) >= 11 is 1.65. The van der Waals surface area contributed by atoms with Crippen molar-refractivity contribution in [2.45, 2.75) is 102 Å². The van der Waals surface area contributed by atoms with Crippen LogP contribution in [-0.4, -0.2) is 79.9 Å². The molecule has 4 aromatic rings. The predicted molar refractivity (Wildman–Crippen MR) is 236 cm³/mol. The molecule has 2 aromatic carbocycles. The molecular formula is C45H58N10O5S. The third kappa shape index (κ3) is 9.61. The van der Waals surface area contributed by atoms with Crippen LogP contribution >= 0.6 is 11.8 Å². The van der Waals surface area contributed by atoms with Gasteiger partial charge in [-0.25, -0.2) is 9.78 Å². The van der Waals surface area contributed by atoms with Crippen LogP contribution in [0.5, 0.6) is 0 Å². The molecule has 0 unspecified atom stereocenters. The number of hydrogen-bond donors (Lipinski definition) is 4. The van der Waals surface area contributed by atoms with Crippen molar-refractivity contribution in [2.24, 2.45) is 30.5 Å². The summed E-state index contributed by atoms with van der Waals surface area (Å²) < 4.78 is 7.58. The van der Waals surface area contributed by atoms with Gasteiger partial charge in [0.15, 0.2) is 0 Å². The highest BCUT2D eigenvalue weighted by Crippen LogP contribution is 2.52. The fraction of sp³-hybridized carbons (Fsp3) is 0.489. The number of anilines is 3. The highest BCUT2D eigenvalue weighted by atomic mass is 32.2. The molecule has 16 heteroatoms. The number of thioether (sulfide) groups is 1. The van der Waals surface area contributed by atoms with Crippen LogP contribution in [0.4, 0.5) is 22.1 Å². The third-order valence-corrected chi connectivity index (χ3v) is 13.0. The molecular weight excluding hydrogens is 793 g/mol. The Labute approximate surface area is 362 Å². The van der Waals surface area contributed by atoms with E-state index in [4.69, 9.17) is 15.5 Å². The lowest BCUT2D eigenvalue weighted by molar-refractivity contribution is -0.127. The van der Waals surface area contributed by atoms with Gasteiger partial charge in [0.2, 0.25) is 11.8 Å². The molecule has 0 spiro atoms. The molecule has 4 heterocycles. The zero-order valence-corrected chi connectivity index (χ0v) is 37.0. The van der Waals surface area contributed by atoms with Crippen molar-refractivity contribution < 1.29 is 23.9 Å². The van der Waals surface area contributed by atoms with Gasteiger partial charge in [0.25, 0.3) is 5.91 Å². The Hall–Kier alpha value is -5.32. The zero-order valence-electron chi connectivity index (χ0n) is 36.2. The van der Waals surface area contributed by atoms with Crippen LogP contribution in [-0.2, 0) is 46.5 Å². The first kappa shape index (κ1) is 43.8. The zero-order chi connectivity index (χ0) is 43.6.